The maximum absolute atomic E-state index is 10.9. The molecule has 0 saturated carbocycles. The topological polar surface area (TPSA) is 68.1 Å². The molecule has 6 heteroatoms. The van der Waals surface area contributed by atoms with Crippen LogP contribution in [0.2, 0.25) is 0 Å². The molecule has 0 amide bonds. The Morgan fingerprint density at radius 3 is 2.59 bits per heavy atom. The van der Waals surface area contributed by atoms with E-state index in [1.807, 2.05) is 20.8 Å². The van der Waals surface area contributed by atoms with E-state index in [1.165, 1.54) is 6.07 Å². The van der Waals surface area contributed by atoms with Crippen LogP contribution in [0.3, 0.4) is 0 Å². The van der Waals surface area contributed by atoms with E-state index in [-0.39, 0.29) is 11.7 Å². The van der Waals surface area contributed by atoms with Crippen molar-refractivity contribution < 1.29 is 4.92 Å². The SMILES string of the molecule is CCC(CC)Nc1nc(C)c(Br)cc1[N+](=O)[O-]. The molecule has 1 rings (SSSR count). The third-order valence-electron chi connectivity index (χ3n) is 2.65. The molecule has 0 saturated heterocycles. The molecule has 5 nitrogen and oxygen atoms in total. The number of hydrogen-bond acceptors (Lipinski definition) is 4. The fraction of sp³-hybridized carbons (Fsp3) is 0.545. The molecule has 0 aromatic carbocycles. The van der Waals surface area contributed by atoms with Crippen LogP contribution in [0.25, 0.3) is 0 Å². The molecule has 0 bridgehead atoms. The van der Waals surface area contributed by atoms with Crippen LogP contribution in [0.1, 0.15) is 32.4 Å². The van der Waals surface area contributed by atoms with E-state index >= 15 is 0 Å². The summed E-state index contributed by atoms with van der Waals surface area (Å²) in [6.45, 7) is 5.89. The second-order valence-corrected chi connectivity index (χ2v) is 4.69. The Bertz CT molecular complexity index is 419. The number of aromatic nitrogens is 1. The van der Waals surface area contributed by atoms with Gasteiger partial charge < -0.3 is 5.32 Å². The average molecular weight is 302 g/mol. The molecule has 0 fully saturated rings. The minimum atomic E-state index is -0.415. The first-order chi connectivity index (χ1) is 7.99. The van der Waals surface area contributed by atoms with Gasteiger partial charge in [0, 0.05) is 16.6 Å². The standard InChI is InChI=1S/C11H16BrN3O2/c1-4-8(5-2)14-11-10(15(16)17)6-9(12)7(3)13-11/h6,8H,4-5H2,1-3H3,(H,13,14). The molecule has 0 spiro atoms. The Morgan fingerprint density at radius 2 is 2.12 bits per heavy atom. The Balaban J connectivity index is 3.12. The number of anilines is 1. The van der Waals surface area contributed by atoms with Crippen LogP contribution in [-0.4, -0.2) is 15.9 Å². The highest BCUT2D eigenvalue weighted by molar-refractivity contribution is 9.10. The predicted octanol–water partition coefficient (Wildman–Crippen LogP) is 3.66. The number of nitro groups is 1. The highest BCUT2D eigenvalue weighted by atomic mass is 79.9. The molecule has 0 atom stereocenters. The first-order valence-electron chi connectivity index (χ1n) is 5.57. The van der Waals surface area contributed by atoms with Gasteiger partial charge in [-0.3, -0.25) is 10.1 Å². The zero-order valence-electron chi connectivity index (χ0n) is 10.2. The Kier molecular flexibility index (Phi) is 4.86. The van der Waals surface area contributed by atoms with Crippen molar-refractivity contribution in [2.24, 2.45) is 0 Å². The fourth-order valence-electron chi connectivity index (χ4n) is 1.50. The molecule has 1 heterocycles. The molecule has 1 N–H and O–H groups in total. The molecular formula is C11H16BrN3O2. The van der Waals surface area contributed by atoms with Crippen molar-refractivity contribution in [1.29, 1.82) is 0 Å². The second kappa shape index (κ2) is 5.95. The summed E-state index contributed by atoms with van der Waals surface area (Å²) in [5, 5.41) is 14.1. The molecular weight excluding hydrogens is 286 g/mol. The van der Waals surface area contributed by atoms with Gasteiger partial charge in [0.2, 0.25) is 5.82 Å². The Morgan fingerprint density at radius 1 is 1.53 bits per heavy atom. The van der Waals surface area contributed by atoms with Crippen LogP contribution < -0.4 is 5.32 Å². The first kappa shape index (κ1) is 13.9. The normalized spacial score (nSPS) is 10.6. The zero-order valence-corrected chi connectivity index (χ0v) is 11.7. The minimum absolute atomic E-state index is 0.00868. The van der Waals surface area contributed by atoms with Gasteiger partial charge in [0.15, 0.2) is 0 Å². The number of halogens is 1. The van der Waals surface area contributed by atoms with Crippen LogP contribution in [-0.2, 0) is 0 Å². The van der Waals surface area contributed by atoms with Crippen molar-refractivity contribution in [3.8, 4) is 0 Å². The molecule has 0 aliphatic rings. The smallest absolute Gasteiger partial charge is 0.312 e. The first-order valence-corrected chi connectivity index (χ1v) is 6.36. The monoisotopic (exact) mass is 301 g/mol. The maximum Gasteiger partial charge on any atom is 0.312 e. The Labute approximate surface area is 109 Å². The highest BCUT2D eigenvalue weighted by Crippen LogP contribution is 2.28. The summed E-state index contributed by atoms with van der Waals surface area (Å²) in [5.74, 6) is 0.351. The number of rotatable bonds is 5. The van der Waals surface area contributed by atoms with Crippen molar-refractivity contribution in [2.75, 3.05) is 5.32 Å². The van der Waals surface area contributed by atoms with Gasteiger partial charge in [0.1, 0.15) is 0 Å². The van der Waals surface area contributed by atoms with E-state index in [0.29, 0.717) is 10.3 Å². The van der Waals surface area contributed by atoms with Crippen LogP contribution in [0.5, 0.6) is 0 Å². The minimum Gasteiger partial charge on any atom is -0.362 e. The number of hydrogen-bond donors (Lipinski definition) is 1. The predicted molar refractivity (Wildman–Crippen MR) is 71.3 cm³/mol. The highest BCUT2D eigenvalue weighted by Gasteiger charge is 2.19. The number of pyridine rings is 1. The van der Waals surface area contributed by atoms with E-state index < -0.39 is 4.92 Å². The van der Waals surface area contributed by atoms with Crippen LogP contribution in [0.4, 0.5) is 11.5 Å². The van der Waals surface area contributed by atoms with Gasteiger partial charge in [-0.15, -0.1) is 0 Å². The molecule has 1 aromatic heterocycles. The molecule has 17 heavy (non-hydrogen) atoms. The van der Waals surface area contributed by atoms with Crippen LogP contribution in [0.15, 0.2) is 10.5 Å². The largest absolute Gasteiger partial charge is 0.362 e. The van der Waals surface area contributed by atoms with Crippen LogP contribution >= 0.6 is 15.9 Å². The van der Waals surface area contributed by atoms with Gasteiger partial charge in [-0.05, 0) is 35.7 Å². The quantitative estimate of drug-likeness (QED) is 0.665. The Hall–Kier alpha value is -1.17. The molecule has 0 unspecified atom stereocenters. The van der Waals surface area contributed by atoms with Gasteiger partial charge in [-0.1, -0.05) is 13.8 Å². The summed E-state index contributed by atoms with van der Waals surface area (Å²) >= 11 is 3.25. The van der Waals surface area contributed by atoms with Crippen molar-refractivity contribution in [1.82, 2.24) is 4.98 Å². The van der Waals surface area contributed by atoms with E-state index in [4.69, 9.17) is 0 Å². The van der Waals surface area contributed by atoms with Crippen LogP contribution in [0, 0.1) is 17.0 Å². The molecule has 0 aliphatic carbocycles. The van der Waals surface area contributed by atoms with Gasteiger partial charge in [0.05, 0.1) is 10.6 Å². The molecule has 1 aromatic rings. The fourth-order valence-corrected chi connectivity index (χ4v) is 1.81. The average Bonchev–Trinajstić information content (AvgIpc) is 2.29. The van der Waals surface area contributed by atoms with Crippen molar-refractivity contribution in [3.05, 3.63) is 26.3 Å². The second-order valence-electron chi connectivity index (χ2n) is 3.84. The van der Waals surface area contributed by atoms with Crippen molar-refractivity contribution >= 4 is 27.4 Å². The molecule has 94 valence electrons. The number of nitrogens with zero attached hydrogens (tertiary/aromatic N) is 2. The van der Waals surface area contributed by atoms with Gasteiger partial charge >= 0.3 is 5.69 Å². The van der Waals surface area contributed by atoms with Gasteiger partial charge in [0.25, 0.3) is 0 Å². The van der Waals surface area contributed by atoms with E-state index in [0.717, 1.165) is 18.5 Å². The maximum atomic E-state index is 10.9. The lowest BCUT2D eigenvalue weighted by atomic mass is 10.1. The summed E-state index contributed by atoms with van der Waals surface area (Å²) in [6, 6.07) is 1.70. The van der Waals surface area contributed by atoms with Crippen molar-refractivity contribution in [3.63, 3.8) is 0 Å². The van der Waals surface area contributed by atoms with E-state index in [1.54, 1.807) is 0 Å². The lowest BCUT2D eigenvalue weighted by Crippen LogP contribution is -2.19. The number of aryl methyl sites for hydroxylation is 1. The lowest BCUT2D eigenvalue weighted by Gasteiger charge is -2.15. The molecule has 0 radical (unpaired) electrons. The summed E-state index contributed by atoms with van der Waals surface area (Å²) in [4.78, 5) is 14.8. The lowest BCUT2D eigenvalue weighted by molar-refractivity contribution is -0.384. The van der Waals surface area contributed by atoms with E-state index in [2.05, 4.69) is 26.2 Å². The number of nitrogens with one attached hydrogen (secondary N) is 1. The summed E-state index contributed by atoms with van der Waals surface area (Å²) in [6.07, 6.45) is 1.81. The summed E-state index contributed by atoms with van der Waals surface area (Å²) in [5.41, 5.74) is 0.749. The van der Waals surface area contributed by atoms with Gasteiger partial charge in [-0.2, -0.15) is 0 Å². The zero-order chi connectivity index (χ0) is 13.0. The third-order valence-corrected chi connectivity index (χ3v) is 3.46. The third kappa shape index (κ3) is 3.39. The van der Waals surface area contributed by atoms with Gasteiger partial charge in [-0.25, -0.2) is 4.98 Å². The van der Waals surface area contributed by atoms with E-state index in [9.17, 15) is 10.1 Å². The van der Waals surface area contributed by atoms with Crippen molar-refractivity contribution in [2.45, 2.75) is 39.7 Å². The summed E-state index contributed by atoms with van der Waals surface area (Å²) in [7, 11) is 0. The molecule has 0 aliphatic heterocycles. The summed E-state index contributed by atoms with van der Waals surface area (Å²) < 4.78 is 0.652.